The number of pyridine rings is 2. The number of aromatic nitrogens is 2. The van der Waals surface area contributed by atoms with Crippen LogP contribution in [0.3, 0.4) is 0 Å². The second-order valence-corrected chi connectivity index (χ2v) is 8.08. The van der Waals surface area contributed by atoms with Gasteiger partial charge in [-0.3, -0.25) is 9.78 Å². The maximum atomic E-state index is 13.6. The molecule has 28 heavy (non-hydrogen) atoms. The van der Waals surface area contributed by atoms with Crippen LogP contribution in [0.1, 0.15) is 41.6 Å². The van der Waals surface area contributed by atoms with Crippen molar-refractivity contribution in [3.8, 4) is 11.3 Å². The van der Waals surface area contributed by atoms with E-state index in [2.05, 4.69) is 4.98 Å². The van der Waals surface area contributed by atoms with Crippen molar-refractivity contribution in [1.29, 1.82) is 0 Å². The molecule has 1 saturated heterocycles. The molecular formula is C23H23N3O2. The van der Waals surface area contributed by atoms with Gasteiger partial charge in [-0.25, -0.2) is 4.98 Å². The topological polar surface area (TPSA) is 66.3 Å². The highest BCUT2D eigenvalue weighted by Gasteiger charge is 2.52. The highest BCUT2D eigenvalue weighted by molar-refractivity contribution is 6.07. The van der Waals surface area contributed by atoms with E-state index in [1.54, 1.807) is 12.4 Å². The average Bonchev–Trinajstić information content (AvgIpc) is 3.27. The van der Waals surface area contributed by atoms with Crippen LogP contribution in [-0.4, -0.2) is 44.1 Å². The van der Waals surface area contributed by atoms with Crippen LogP contribution in [0.15, 0.2) is 48.8 Å². The van der Waals surface area contributed by atoms with E-state index in [1.807, 2.05) is 48.2 Å². The number of aryl methyl sites for hydroxylation is 1. The van der Waals surface area contributed by atoms with Crippen LogP contribution in [0.5, 0.6) is 0 Å². The maximum absolute atomic E-state index is 13.6. The third kappa shape index (κ3) is 2.87. The van der Waals surface area contributed by atoms with Gasteiger partial charge in [0.25, 0.3) is 5.91 Å². The minimum atomic E-state index is -0.683. The molecule has 2 aromatic heterocycles. The van der Waals surface area contributed by atoms with Crippen molar-refractivity contribution in [2.24, 2.45) is 0 Å². The van der Waals surface area contributed by atoms with Crippen molar-refractivity contribution in [2.45, 2.75) is 44.2 Å². The molecule has 0 spiro atoms. The number of nitrogens with zero attached hydrogens (tertiary/aromatic N) is 3. The van der Waals surface area contributed by atoms with Gasteiger partial charge in [-0.15, -0.1) is 0 Å². The van der Waals surface area contributed by atoms with Crippen LogP contribution in [0.4, 0.5) is 0 Å². The molecule has 1 saturated carbocycles. The van der Waals surface area contributed by atoms with Crippen molar-refractivity contribution in [3.05, 3.63) is 59.9 Å². The lowest BCUT2D eigenvalue weighted by Gasteiger charge is -2.29. The summed E-state index contributed by atoms with van der Waals surface area (Å²) in [5.74, 6) is -0.00837. The van der Waals surface area contributed by atoms with Crippen LogP contribution in [0.25, 0.3) is 22.2 Å². The minimum Gasteiger partial charge on any atom is -0.388 e. The monoisotopic (exact) mass is 373 g/mol. The fraction of sp³-hybridized carbons (Fsp3) is 0.348. The number of hydrogen-bond donors (Lipinski definition) is 1. The number of fused-ring (bicyclic) bond motifs is 1. The Bertz CT molecular complexity index is 1060. The molecule has 3 aromatic rings. The Balaban J connectivity index is 1.64. The average molecular weight is 373 g/mol. The van der Waals surface area contributed by atoms with E-state index in [0.717, 1.165) is 53.4 Å². The standard InChI is InChI=1S/C23H23N3O2/c1-15-6-7-19-17(12-15)18(13-20(25-19)16-4-2-10-24-14-16)22(27)26-11-3-5-21(26)23(28)8-9-23/h2,4,6-7,10,12-14,21,28H,3,5,8-9,11H2,1H3. The molecular weight excluding hydrogens is 350 g/mol. The zero-order chi connectivity index (χ0) is 19.3. The molecule has 2 fully saturated rings. The van der Waals surface area contributed by atoms with E-state index in [-0.39, 0.29) is 11.9 Å². The highest BCUT2D eigenvalue weighted by atomic mass is 16.3. The number of hydrogen-bond acceptors (Lipinski definition) is 4. The van der Waals surface area contributed by atoms with Gasteiger partial charge in [0.15, 0.2) is 0 Å². The van der Waals surface area contributed by atoms with Crippen LogP contribution in [-0.2, 0) is 0 Å². The first-order valence-electron chi connectivity index (χ1n) is 9.90. The Kier molecular flexibility index (Phi) is 3.95. The van der Waals surface area contributed by atoms with E-state index in [1.165, 1.54) is 0 Å². The van der Waals surface area contributed by atoms with Gasteiger partial charge >= 0.3 is 0 Å². The molecule has 0 bridgehead atoms. The van der Waals surface area contributed by atoms with E-state index in [9.17, 15) is 9.90 Å². The molecule has 1 N–H and O–H groups in total. The van der Waals surface area contributed by atoms with E-state index >= 15 is 0 Å². The first kappa shape index (κ1) is 17.3. The Morgan fingerprint density at radius 2 is 2.11 bits per heavy atom. The highest BCUT2D eigenvalue weighted by Crippen LogP contribution is 2.45. The van der Waals surface area contributed by atoms with Gasteiger partial charge in [0.2, 0.25) is 0 Å². The zero-order valence-electron chi connectivity index (χ0n) is 15.9. The molecule has 1 unspecified atom stereocenters. The lowest BCUT2D eigenvalue weighted by atomic mass is 10.0. The first-order valence-corrected chi connectivity index (χ1v) is 9.90. The zero-order valence-corrected chi connectivity index (χ0v) is 15.9. The lowest BCUT2D eigenvalue weighted by molar-refractivity contribution is 0.0388. The van der Waals surface area contributed by atoms with Crippen molar-refractivity contribution < 1.29 is 9.90 Å². The van der Waals surface area contributed by atoms with Crippen LogP contribution in [0, 0.1) is 6.92 Å². The van der Waals surface area contributed by atoms with Crippen LogP contribution in [0.2, 0.25) is 0 Å². The predicted molar refractivity (Wildman–Crippen MR) is 108 cm³/mol. The van der Waals surface area contributed by atoms with Gasteiger partial charge in [-0.05, 0) is 62.9 Å². The third-order valence-electron chi connectivity index (χ3n) is 6.05. The van der Waals surface area contributed by atoms with E-state index in [4.69, 9.17) is 4.98 Å². The Hall–Kier alpha value is -2.79. The predicted octanol–water partition coefficient (Wildman–Crippen LogP) is 3.73. The second-order valence-electron chi connectivity index (χ2n) is 8.08. The van der Waals surface area contributed by atoms with Gasteiger partial charge in [-0.2, -0.15) is 0 Å². The summed E-state index contributed by atoms with van der Waals surface area (Å²) >= 11 is 0. The fourth-order valence-corrected chi connectivity index (χ4v) is 4.36. The summed E-state index contributed by atoms with van der Waals surface area (Å²) in [6.07, 6.45) is 6.89. The molecule has 2 aliphatic rings. The SMILES string of the molecule is Cc1ccc2nc(-c3cccnc3)cc(C(=O)N3CCCC3C3(O)CC3)c2c1. The number of carbonyl (C=O) groups is 1. The first-order chi connectivity index (χ1) is 13.5. The largest absolute Gasteiger partial charge is 0.388 e. The fourth-order valence-electron chi connectivity index (χ4n) is 4.36. The lowest BCUT2D eigenvalue weighted by Crippen LogP contribution is -2.44. The smallest absolute Gasteiger partial charge is 0.254 e. The molecule has 1 aliphatic heterocycles. The molecule has 1 amide bonds. The third-order valence-corrected chi connectivity index (χ3v) is 6.05. The summed E-state index contributed by atoms with van der Waals surface area (Å²) in [5, 5.41) is 11.5. The molecule has 1 aliphatic carbocycles. The van der Waals surface area contributed by atoms with Crippen LogP contribution < -0.4 is 0 Å². The molecule has 1 atom stereocenters. The molecule has 5 nitrogen and oxygen atoms in total. The summed E-state index contributed by atoms with van der Waals surface area (Å²) in [6.45, 7) is 2.72. The number of amides is 1. The summed E-state index contributed by atoms with van der Waals surface area (Å²) in [4.78, 5) is 24.5. The second kappa shape index (κ2) is 6.38. The number of rotatable bonds is 3. The van der Waals surface area contributed by atoms with Crippen molar-refractivity contribution in [1.82, 2.24) is 14.9 Å². The quantitative estimate of drug-likeness (QED) is 0.760. The molecule has 0 radical (unpaired) electrons. The number of carbonyl (C=O) groups excluding carboxylic acids is 1. The number of benzene rings is 1. The van der Waals surface area contributed by atoms with Crippen molar-refractivity contribution >= 4 is 16.8 Å². The Morgan fingerprint density at radius 1 is 1.25 bits per heavy atom. The molecule has 5 rings (SSSR count). The maximum Gasteiger partial charge on any atom is 0.254 e. The molecule has 142 valence electrons. The molecule has 1 aromatic carbocycles. The number of aliphatic hydroxyl groups is 1. The molecule has 5 heteroatoms. The summed E-state index contributed by atoms with van der Waals surface area (Å²) < 4.78 is 0. The van der Waals surface area contributed by atoms with Gasteiger partial charge in [0, 0.05) is 29.9 Å². The summed E-state index contributed by atoms with van der Waals surface area (Å²) in [6, 6.07) is 11.6. The van der Waals surface area contributed by atoms with Crippen molar-refractivity contribution in [3.63, 3.8) is 0 Å². The van der Waals surface area contributed by atoms with E-state index in [0.29, 0.717) is 12.1 Å². The van der Waals surface area contributed by atoms with Gasteiger partial charge in [0.05, 0.1) is 28.4 Å². The van der Waals surface area contributed by atoms with Gasteiger partial charge in [0.1, 0.15) is 0 Å². The van der Waals surface area contributed by atoms with E-state index < -0.39 is 5.60 Å². The van der Waals surface area contributed by atoms with Gasteiger partial charge < -0.3 is 10.0 Å². The van der Waals surface area contributed by atoms with Gasteiger partial charge in [-0.1, -0.05) is 11.6 Å². The van der Waals surface area contributed by atoms with Crippen molar-refractivity contribution in [2.75, 3.05) is 6.54 Å². The molecule has 3 heterocycles. The number of likely N-dealkylation sites (tertiary alicyclic amines) is 1. The normalized spacial score (nSPS) is 20.5. The summed E-state index contributed by atoms with van der Waals surface area (Å²) in [7, 11) is 0. The minimum absolute atomic E-state index is 0.00837. The summed E-state index contributed by atoms with van der Waals surface area (Å²) in [5.41, 5.74) is 3.50. The Labute approximate surface area is 164 Å². The Morgan fingerprint density at radius 3 is 2.86 bits per heavy atom. The van der Waals surface area contributed by atoms with Crippen LogP contribution >= 0.6 is 0 Å².